The van der Waals surface area contributed by atoms with Crippen molar-refractivity contribution < 1.29 is 29.0 Å². The maximum absolute atomic E-state index is 14.7. The number of rotatable bonds is 15. The lowest BCUT2D eigenvalue weighted by atomic mass is 9.66. The summed E-state index contributed by atoms with van der Waals surface area (Å²) in [5, 5.41) is 10.6. The van der Waals surface area contributed by atoms with E-state index in [1.54, 1.807) is 26.9 Å². The van der Waals surface area contributed by atoms with Gasteiger partial charge in [0.05, 0.1) is 43.3 Å². The molecule has 0 aromatic heterocycles. The second-order valence-corrected chi connectivity index (χ2v) is 12.7. The summed E-state index contributed by atoms with van der Waals surface area (Å²) in [6.45, 7) is 20.8. The fourth-order valence-corrected chi connectivity index (χ4v) is 7.81. The van der Waals surface area contributed by atoms with Crippen LogP contribution in [-0.4, -0.2) is 131 Å². The Morgan fingerprint density at radius 2 is 1.74 bits per heavy atom. The molecule has 4 aliphatic heterocycles. The Kier molecular flexibility index (Phi) is 10.5. The van der Waals surface area contributed by atoms with Gasteiger partial charge < -0.3 is 29.3 Å². The molecule has 42 heavy (non-hydrogen) atoms. The molecule has 0 aromatic rings. The van der Waals surface area contributed by atoms with Gasteiger partial charge in [-0.2, -0.15) is 0 Å². The molecule has 1 N–H and O–H groups in total. The minimum atomic E-state index is -1.13. The molecule has 4 heterocycles. The van der Waals surface area contributed by atoms with E-state index in [2.05, 4.69) is 18.1 Å². The Bertz CT molecular complexity index is 1020. The Balaban J connectivity index is 1.75. The summed E-state index contributed by atoms with van der Waals surface area (Å²) in [6, 6.07) is -1.49. The number of aliphatic hydroxyl groups is 1. The summed E-state index contributed by atoms with van der Waals surface area (Å²) in [6.07, 6.45) is 6.02. The van der Waals surface area contributed by atoms with E-state index in [-0.39, 0.29) is 30.2 Å². The van der Waals surface area contributed by atoms with Gasteiger partial charge in [-0.25, -0.2) is 0 Å². The van der Waals surface area contributed by atoms with Gasteiger partial charge in [-0.1, -0.05) is 39.3 Å². The van der Waals surface area contributed by atoms with E-state index in [9.17, 15) is 19.5 Å². The summed E-state index contributed by atoms with van der Waals surface area (Å²) >= 11 is 0. The number of amides is 3. The predicted octanol–water partition coefficient (Wildman–Crippen LogP) is 1.93. The van der Waals surface area contributed by atoms with Gasteiger partial charge in [-0.3, -0.25) is 19.3 Å². The Hall–Kier alpha value is -2.27. The minimum absolute atomic E-state index is 0.0509. The number of nitrogens with zero attached hydrogens (tertiary/aromatic N) is 4. The number of morpholine rings is 1. The van der Waals surface area contributed by atoms with Gasteiger partial charge in [0.1, 0.15) is 11.6 Å². The third-order valence-electron chi connectivity index (χ3n) is 10.2. The molecular weight excluding hydrogens is 536 g/mol. The lowest BCUT2D eigenvalue weighted by Crippen LogP contribution is -2.60. The third-order valence-corrected chi connectivity index (χ3v) is 10.2. The monoisotopic (exact) mass is 588 g/mol. The van der Waals surface area contributed by atoms with Crippen LogP contribution < -0.4 is 0 Å². The van der Waals surface area contributed by atoms with Crippen molar-refractivity contribution in [1.82, 2.24) is 19.6 Å². The van der Waals surface area contributed by atoms with Crippen molar-refractivity contribution in [2.24, 2.45) is 17.8 Å². The lowest BCUT2D eigenvalue weighted by Gasteiger charge is -2.41. The molecule has 0 aromatic carbocycles. The van der Waals surface area contributed by atoms with Crippen LogP contribution in [0.3, 0.4) is 0 Å². The van der Waals surface area contributed by atoms with Crippen LogP contribution in [0.25, 0.3) is 0 Å². The Morgan fingerprint density at radius 3 is 2.31 bits per heavy atom. The van der Waals surface area contributed by atoms with Crippen molar-refractivity contribution in [3.8, 4) is 0 Å². The minimum Gasteiger partial charge on any atom is -0.394 e. The molecule has 4 saturated heterocycles. The van der Waals surface area contributed by atoms with Crippen LogP contribution in [0.4, 0.5) is 0 Å². The third kappa shape index (κ3) is 5.67. The summed E-state index contributed by atoms with van der Waals surface area (Å²) in [5.41, 5.74) is -1.98. The molecule has 4 aliphatic rings. The average Bonchev–Trinajstić information content (AvgIpc) is 3.56. The van der Waals surface area contributed by atoms with Gasteiger partial charge in [0.15, 0.2) is 0 Å². The quantitative estimate of drug-likeness (QED) is 0.292. The zero-order valence-corrected chi connectivity index (χ0v) is 26.1. The van der Waals surface area contributed by atoms with E-state index in [1.165, 1.54) is 0 Å². The van der Waals surface area contributed by atoms with Crippen molar-refractivity contribution in [3.63, 3.8) is 0 Å². The van der Waals surface area contributed by atoms with Crippen LogP contribution in [0.15, 0.2) is 25.3 Å². The van der Waals surface area contributed by atoms with Crippen molar-refractivity contribution in [3.05, 3.63) is 25.3 Å². The van der Waals surface area contributed by atoms with E-state index in [1.807, 2.05) is 27.7 Å². The number of hydrogen-bond donors (Lipinski definition) is 1. The normalized spacial score (nSPS) is 32.0. The van der Waals surface area contributed by atoms with Crippen molar-refractivity contribution in [1.29, 1.82) is 0 Å². The number of aliphatic hydroxyl groups excluding tert-OH is 1. The van der Waals surface area contributed by atoms with Gasteiger partial charge in [-0.05, 0) is 32.1 Å². The van der Waals surface area contributed by atoms with E-state index >= 15 is 0 Å². The van der Waals surface area contributed by atoms with Crippen LogP contribution >= 0.6 is 0 Å². The summed E-state index contributed by atoms with van der Waals surface area (Å²) in [7, 11) is 0. The van der Waals surface area contributed by atoms with Gasteiger partial charge in [0.2, 0.25) is 17.7 Å². The van der Waals surface area contributed by atoms with E-state index in [0.717, 1.165) is 25.9 Å². The van der Waals surface area contributed by atoms with Crippen LogP contribution in [0.1, 0.15) is 53.4 Å². The molecular formula is C32H52N4O6. The van der Waals surface area contributed by atoms with Crippen molar-refractivity contribution in [2.45, 2.75) is 76.7 Å². The Labute approximate surface area is 251 Å². The summed E-state index contributed by atoms with van der Waals surface area (Å²) in [5.74, 6) is -2.12. The van der Waals surface area contributed by atoms with E-state index < -0.39 is 35.1 Å². The van der Waals surface area contributed by atoms with Gasteiger partial charge >= 0.3 is 0 Å². The van der Waals surface area contributed by atoms with E-state index in [4.69, 9.17) is 9.47 Å². The van der Waals surface area contributed by atoms with Crippen LogP contribution in [0, 0.1) is 17.8 Å². The largest absolute Gasteiger partial charge is 0.394 e. The molecule has 3 amide bonds. The second kappa shape index (κ2) is 13.6. The van der Waals surface area contributed by atoms with Crippen LogP contribution in [-0.2, 0) is 23.9 Å². The first-order valence-corrected chi connectivity index (χ1v) is 15.9. The molecule has 0 radical (unpaired) electrons. The highest BCUT2D eigenvalue weighted by Gasteiger charge is 2.79. The van der Waals surface area contributed by atoms with E-state index in [0.29, 0.717) is 58.8 Å². The molecule has 2 bridgehead atoms. The number of carbonyl (C=O) groups is 3. The van der Waals surface area contributed by atoms with Gasteiger partial charge in [-0.15, -0.1) is 13.2 Å². The molecule has 0 saturated carbocycles. The first kappa shape index (κ1) is 32.6. The molecule has 10 heteroatoms. The molecule has 7 atom stereocenters. The topological polar surface area (TPSA) is 103 Å². The zero-order valence-electron chi connectivity index (χ0n) is 26.1. The maximum Gasteiger partial charge on any atom is 0.248 e. The maximum atomic E-state index is 14.7. The lowest BCUT2D eigenvalue weighted by molar-refractivity contribution is -0.157. The number of hydrogen-bond acceptors (Lipinski definition) is 7. The Morgan fingerprint density at radius 1 is 1.10 bits per heavy atom. The molecule has 4 fully saturated rings. The molecule has 10 nitrogen and oxygen atoms in total. The molecule has 4 rings (SSSR count). The first-order chi connectivity index (χ1) is 20.1. The number of likely N-dealkylation sites (tertiary alicyclic amines) is 1. The molecule has 2 unspecified atom stereocenters. The second-order valence-electron chi connectivity index (χ2n) is 12.7. The summed E-state index contributed by atoms with van der Waals surface area (Å²) < 4.78 is 12.3. The summed E-state index contributed by atoms with van der Waals surface area (Å²) in [4.78, 5) is 50.9. The number of carbonyl (C=O) groups excluding carboxylic acids is 3. The zero-order chi connectivity index (χ0) is 30.7. The highest BCUT2D eigenvalue weighted by atomic mass is 16.5. The van der Waals surface area contributed by atoms with Crippen LogP contribution in [0.5, 0.6) is 0 Å². The average molecular weight is 589 g/mol. The van der Waals surface area contributed by atoms with Gasteiger partial charge in [0, 0.05) is 45.8 Å². The van der Waals surface area contributed by atoms with Crippen molar-refractivity contribution >= 4 is 17.7 Å². The number of ether oxygens (including phenoxy) is 2. The number of fused-ring (bicyclic) bond motifs is 1. The highest BCUT2D eigenvalue weighted by molar-refractivity contribution is 5.99. The fourth-order valence-electron chi connectivity index (χ4n) is 7.81. The van der Waals surface area contributed by atoms with Gasteiger partial charge in [0.25, 0.3) is 0 Å². The molecule has 1 spiro atoms. The molecule has 0 aliphatic carbocycles. The smallest absolute Gasteiger partial charge is 0.248 e. The SMILES string of the molecule is C=CCN(CCN1CCOCC1)C(=O)C1N([C@@H](CO)[C@@H](C)CC)C(=O)[C@@H]2[C@H](C(=O)N(CC=C)CCC)[C@]3(C)CCC12O3. The molecule has 236 valence electrons. The fraction of sp³-hybridized carbons (Fsp3) is 0.781. The standard InChI is InChI=1S/C32H52N4O6/c1-7-13-34(14-8-2)28(38)25-26-29(39)36(24(22-37)23(5)10-4)27(32(26)12-11-31(25,6)42-32)30(40)35(15-9-3)17-16-33-18-20-41-21-19-33/h7,9,23-27,37H,1,3,8,10-22H2,2,4-6H3/t23-,24-,25+,26-,27?,31-,32?/m0/s1. The first-order valence-electron chi connectivity index (χ1n) is 15.9. The van der Waals surface area contributed by atoms with Crippen LogP contribution in [0.2, 0.25) is 0 Å². The van der Waals surface area contributed by atoms with Crippen molar-refractivity contribution in [2.75, 3.05) is 65.6 Å². The predicted molar refractivity (Wildman–Crippen MR) is 161 cm³/mol. The highest BCUT2D eigenvalue weighted by Crippen LogP contribution is 2.64.